The maximum Gasteiger partial charge on any atom is 0.225 e. The predicted molar refractivity (Wildman–Crippen MR) is 61.5 cm³/mol. The molecule has 0 saturated carbocycles. The van der Waals surface area contributed by atoms with Crippen LogP contribution in [0.15, 0.2) is 0 Å². The summed E-state index contributed by atoms with van der Waals surface area (Å²) in [6, 6.07) is -0.185. The average molecular weight is 213 g/mol. The average Bonchev–Trinajstić information content (AvgIpc) is 2.61. The first kappa shape index (κ1) is 14.1. The van der Waals surface area contributed by atoms with Crippen LogP contribution in [0.3, 0.4) is 0 Å². The Kier molecular flexibility index (Phi) is 6.21. The number of likely N-dealkylation sites (tertiary alicyclic amines) is 1. The van der Waals surface area contributed by atoms with Crippen LogP contribution in [0, 0.1) is 11.8 Å². The number of amides is 1. The van der Waals surface area contributed by atoms with Crippen molar-refractivity contribution in [1.29, 1.82) is 0 Å². The van der Waals surface area contributed by atoms with E-state index in [0.717, 1.165) is 19.3 Å². The standard InChI is InChI=1S/C10H17NO2.C2H6/c1-7(2)10(13)11-5-4-8(3)9(11)6-12;1-2/h6-9H,4-5H2,1-3H3;1-2H3. The Morgan fingerprint density at radius 3 is 2.33 bits per heavy atom. The Bertz CT molecular complexity index is 214. The van der Waals surface area contributed by atoms with Crippen molar-refractivity contribution in [1.82, 2.24) is 4.90 Å². The van der Waals surface area contributed by atoms with Gasteiger partial charge in [-0.2, -0.15) is 0 Å². The summed E-state index contributed by atoms with van der Waals surface area (Å²) in [5.74, 6) is 0.411. The lowest BCUT2D eigenvalue weighted by molar-refractivity contribution is -0.137. The SMILES string of the molecule is CC.CC(C)C(=O)N1CCC(C)C1C=O. The highest BCUT2D eigenvalue weighted by Gasteiger charge is 2.34. The lowest BCUT2D eigenvalue weighted by atomic mass is 10.0. The highest BCUT2D eigenvalue weighted by Crippen LogP contribution is 2.23. The minimum atomic E-state index is -0.185. The van der Waals surface area contributed by atoms with Crippen molar-refractivity contribution in [3.8, 4) is 0 Å². The molecule has 1 aliphatic rings. The summed E-state index contributed by atoms with van der Waals surface area (Å²) < 4.78 is 0. The summed E-state index contributed by atoms with van der Waals surface area (Å²) in [5.41, 5.74) is 0. The van der Waals surface area contributed by atoms with Gasteiger partial charge in [-0.25, -0.2) is 0 Å². The van der Waals surface area contributed by atoms with Gasteiger partial charge in [-0.05, 0) is 12.3 Å². The molecule has 1 rings (SSSR count). The molecule has 3 nitrogen and oxygen atoms in total. The molecule has 2 unspecified atom stereocenters. The summed E-state index contributed by atoms with van der Waals surface area (Å²) in [7, 11) is 0. The lowest BCUT2D eigenvalue weighted by Crippen LogP contribution is -2.40. The minimum absolute atomic E-state index is 0.00671. The second kappa shape index (κ2) is 6.59. The van der Waals surface area contributed by atoms with Crippen molar-refractivity contribution in [2.45, 2.75) is 47.1 Å². The van der Waals surface area contributed by atoms with Crippen LogP contribution < -0.4 is 0 Å². The molecular formula is C12H23NO2. The third-order valence-corrected chi connectivity index (χ3v) is 2.68. The zero-order chi connectivity index (χ0) is 12.0. The van der Waals surface area contributed by atoms with E-state index < -0.39 is 0 Å². The van der Waals surface area contributed by atoms with Crippen LogP contribution in [-0.2, 0) is 9.59 Å². The molecular weight excluding hydrogens is 190 g/mol. The first-order chi connectivity index (χ1) is 7.07. The van der Waals surface area contributed by atoms with E-state index in [-0.39, 0.29) is 17.9 Å². The number of carbonyl (C=O) groups excluding carboxylic acids is 2. The molecule has 0 radical (unpaired) electrons. The van der Waals surface area contributed by atoms with Gasteiger partial charge in [0.2, 0.25) is 5.91 Å². The fourth-order valence-corrected chi connectivity index (χ4v) is 1.77. The van der Waals surface area contributed by atoms with Crippen LogP contribution in [0.5, 0.6) is 0 Å². The van der Waals surface area contributed by atoms with E-state index in [4.69, 9.17) is 0 Å². The fourth-order valence-electron chi connectivity index (χ4n) is 1.77. The molecule has 1 fully saturated rings. The van der Waals surface area contributed by atoms with E-state index in [2.05, 4.69) is 0 Å². The van der Waals surface area contributed by atoms with Crippen LogP contribution in [0.1, 0.15) is 41.0 Å². The summed E-state index contributed by atoms with van der Waals surface area (Å²) in [6.07, 6.45) is 1.85. The number of rotatable bonds is 2. The lowest BCUT2D eigenvalue weighted by Gasteiger charge is -2.23. The number of hydrogen-bond acceptors (Lipinski definition) is 2. The largest absolute Gasteiger partial charge is 0.332 e. The van der Waals surface area contributed by atoms with Crippen LogP contribution in [0.4, 0.5) is 0 Å². The molecule has 1 saturated heterocycles. The van der Waals surface area contributed by atoms with Crippen LogP contribution in [0.2, 0.25) is 0 Å². The molecule has 0 aliphatic carbocycles. The van der Waals surface area contributed by atoms with Gasteiger partial charge in [0.15, 0.2) is 0 Å². The third-order valence-electron chi connectivity index (χ3n) is 2.68. The molecule has 1 amide bonds. The van der Waals surface area contributed by atoms with Crippen LogP contribution in [-0.4, -0.2) is 29.7 Å². The van der Waals surface area contributed by atoms with Crippen LogP contribution in [0.25, 0.3) is 0 Å². The maximum absolute atomic E-state index is 11.6. The second-order valence-electron chi connectivity index (χ2n) is 4.08. The summed E-state index contributed by atoms with van der Waals surface area (Å²) >= 11 is 0. The zero-order valence-electron chi connectivity index (χ0n) is 10.5. The first-order valence-corrected chi connectivity index (χ1v) is 5.83. The minimum Gasteiger partial charge on any atom is -0.332 e. The number of aldehydes is 1. The molecule has 1 aliphatic heterocycles. The Morgan fingerprint density at radius 2 is 1.93 bits per heavy atom. The Hall–Kier alpha value is -0.860. The topological polar surface area (TPSA) is 37.4 Å². The quantitative estimate of drug-likeness (QED) is 0.659. The van der Waals surface area contributed by atoms with Gasteiger partial charge in [0.1, 0.15) is 6.29 Å². The molecule has 0 aromatic rings. The molecule has 15 heavy (non-hydrogen) atoms. The van der Waals surface area contributed by atoms with E-state index >= 15 is 0 Å². The molecule has 1 heterocycles. The fraction of sp³-hybridized carbons (Fsp3) is 0.833. The molecule has 0 spiro atoms. The molecule has 0 N–H and O–H groups in total. The predicted octanol–water partition coefficient (Wildman–Crippen LogP) is 2.10. The summed E-state index contributed by atoms with van der Waals surface area (Å²) in [6.45, 7) is 10.5. The zero-order valence-corrected chi connectivity index (χ0v) is 10.5. The molecule has 0 aromatic carbocycles. The first-order valence-electron chi connectivity index (χ1n) is 5.83. The van der Waals surface area contributed by atoms with E-state index in [0.29, 0.717) is 5.92 Å². The van der Waals surface area contributed by atoms with Crippen LogP contribution >= 0.6 is 0 Å². The van der Waals surface area contributed by atoms with Gasteiger partial charge in [-0.1, -0.05) is 34.6 Å². The number of carbonyl (C=O) groups is 2. The van der Waals surface area contributed by atoms with E-state index in [1.165, 1.54) is 0 Å². The molecule has 0 aromatic heterocycles. The Morgan fingerprint density at radius 1 is 1.40 bits per heavy atom. The van der Waals surface area contributed by atoms with Crippen molar-refractivity contribution in [2.75, 3.05) is 6.54 Å². The van der Waals surface area contributed by atoms with Gasteiger partial charge in [-0.15, -0.1) is 0 Å². The number of nitrogens with zero attached hydrogens (tertiary/aromatic N) is 1. The van der Waals surface area contributed by atoms with Crippen molar-refractivity contribution < 1.29 is 9.59 Å². The maximum atomic E-state index is 11.6. The highest BCUT2D eigenvalue weighted by molar-refractivity contribution is 5.82. The van der Waals surface area contributed by atoms with Gasteiger partial charge in [0.25, 0.3) is 0 Å². The Balaban J connectivity index is 0.000000921. The number of hydrogen-bond donors (Lipinski definition) is 0. The van der Waals surface area contributed by atoms with Gasteiger partial charge in [0.05, 0.1) is 6.04 Å². The van der Waals surface area contributed by atoms with Crippen molar-refractivity contribution in [3.63, 3.8) is 0 Å². The molecule has 0 bridgehead atoms. The van der Waals surface area contributed by atoms with Gasteiger partial charge < -0.3 is 9.69 Å². The molecule has 88 valence electrons. The van der Waals surface area contributed by atoms with Crippen molar-refractivity contribution in [2.24, 2.45) is 11.8 Å². The van der Waals surface area contributed by atoms with Gasteiger partial charge in [0, 0.05) is 12.5 Å². The van der Waals surface area contributed by atoms with Crippen molar-refractivity contribution in [3.05, 3.63) is 0 Å². The van der Waals surface area contributed by atoms with E-state index in [1.54, 1.807) is 4.90 Å². The Labute approximate surface area is 92.8 Å². The van der Waals surface area contributed by atoms with Crippen molar-refractivity contribution >= 4 is 12.2 Å². The third kappa shape index (κ3) is 3.33. The highest BCUT2D eigenvalue weighted by atomic mass is 16.2. The monoisotopic (exact) mass is 213 g/mol. The second-order valence-corrected chi connectivity index (χ2v) is 4.08. The van der Waals surface area contributed by atoms with E-state index in [9.17, 15) is 9.59 Å². The van der Waals surface area contributed by atoms with Gasteiger partial charge in [-0.3, -0.25) is 4.79 Å². The summed E-state index contributed by atoms with van der Waals surface area (Å²) in [4.78, 5) is 24.1. The molecule has 2 atom stereocenters. The van der Waals surface area contributed by atoms with E-state index in [1.807, 2.05) is 34.6 Å². The summed E-state index contributed by atoms with van der Waals surface area (Å²) in [5, 5.41) is 0. The smallest absolute Gasteiger partial charge is 0.225 e. The molecule has 3 heteroatoms. The normalized spacial score (nSPS) is 24.8. The van der Waals surface area contributed by atoms with Gasteiger partial charge >= 0.3 is 0 Å².